The van der Waals surface area contributed by atoms with Crippen molar-refractivity contribution in [1.82, 2.24) is 20.1 Å². The summed E-state index contributed by atoms with van der Waals surface area (Å²) in [5.74, 6) is 0.412. The number of nitrogens with two attached hydrogens (primary N) is 1. The maximum Gasteiger partial charge on any atom is 0.230 e. The third kappa shape index (κ3) is 5.43. The smallest absolute Gasteiger partial charge is 0.230 e. The van der Waals surface area contributed by atoms with Crippen molar-refractivity contribution >= 4 is 34.9 Å². The number of thiophene rings is 1. The molecule has 0 radical (unpaired) electrons. The van der Waals surface area contributed by atoms with Gasteiger partial charge in [-0.1, -0.05) is 47.7 Å². The molecule has 3 N–H and O–H groups in total. The molecule has 0 spiro atoms. The van der Waals surface area contributed by atoms with Crippen molar-refractivity contribution in [3.63, 3.8) is 0 Å². The summed E-state index contributed by atoms with van der Waals surface area (Å²) in [6.45, 7) is 2.88. The highest BCUT2D eigenvalue weighted by molar-refractivity contribution is 7.99. The molecular weight excluding hydrogens is 394 g/mol. The van der Waals surface area contributed by atoms with E-state index in [9.17, 15) is 9.59 Å². The Hall–Kier alpha value is -2.65. The fourth-order valence-electron chi connectivity index (χ4n) is 2.49. The summed E-state index contributed by atoms with van der Waals surface area (Å²) >= 11 is 2.83. The van der Waals surface area contributed by atoms with E-state index in [0.717, 1.165) is 10.4 Å². The lowest BCUT2D eigenvalue weighted by molar-refractivity contribution is -0.119. The number of hydrogen-bond acceptors (Lipinski definition) is 6. The number of primary amides is 1. The van der Waals surface area contributed by atoms with Crippen LogP contribution in [0.3, 0.4) is 0 Å². The number of amides is 2. The number of rotatable bonds is 9. The summed E-state index contributed by atoms with van der Waals surface area (Å²) in [5, 5.41) is 13.9. The summed E-state index contributed by atoms with van der Waals surface area (Å²) in [6, 6.07) is 11.9. The maximum atomic E-state index is 12.2. The fourth-order valence-corrected chi connectivity index (χ4v) is 4.01. The average Bonchev–Trinajstić information content (AvgIpc) is 3.33. The van der Waals surface area contributed by atoms with Crippen molar-refractivity contribution in [2.24, 2.45) is 5.73 Å². The molecule has 28 heavy (non-hydrogen) atoms. The van der Waals surface area contributed by atoms with Crippen molar-refractivity contribution in [3.05, 3.63) is 52.9 Å². The Balaban J connectivity index is 1.61. The first-order valence-electron chi connectivity index (χ1n) is 8.73. The van der Waals surface area contributed by atoms with Gasteiger partial charge in [0, 0.05) is 19.5 Å². The van der Waals surface area contributed by atoms with Crippen LogP contribution in [0, 0.1) is 6.92 Å². The van der Waals surface area contributed by atoms with Crippen LogP contribution in [-0.4, -0.2) is 32.3 Å². The van der Waals surface area contributed by atoms with Gasteiger partial charge in [-0.2, -0.15) is 0 Å². The van der Waals surface area contributed by atoms with Gasteiger partial charge in [-0.25, -0.2) is 0 Å². The van der Waals surface area contributed by atoms with E-state index >= 15 is 0 Å². The normalized spacial score (nSPS) is 10.8. The quantitative estimate of drug-likeness (QED) is 0.523. The summed E-state index contributed by atoms with van der Waals surface area (Å²) in [5.41, 5.74) is 7.53. The molecule has 3 aromatic rings. The zero-order valence-electron chi connectivity index (χ0n) is 15.4. The maximum absolute atomic E-state index is 12.2. The first-order chi connectivity index (χ1) is 13.5. The molecule has 146 valence electrons. The van der Waals surface area contributed by atoms with Gasteiger partial charge in [0.1, 0.15) is 0 Å². The Morgan fingerprint density at radius 1 is 1.21 bits per heavy atom. The molecule has 9 heteroatoms. The number of aromatic nitrogens is 3. The largest absolute Gasteiger partial charge is 0.370 e. The van der Waals surface area contributed by atoms with E-state index in [1.807, 2.05) is 53.3 Å². The third-order valence-electron chi connectivity index (χ3n) is 3.98. The van der Waals surface area contributed by atoms with E-state index in [2.05, 4.69) is 15.5 Å². The molecule has 3 rings (SSSR count). The Morgan fingerprint density at radius 3 is 2.68 bits per heavy atom. The Morgan fingerprint density at radius 2 is 2.00 bits per heavy atom. The molecule has 0 saturated carbocycles. The number of hydrogen-bond donors (Lipinski definition) is 2. The molecule has 0 fully saturated rings. The SMILES string of the molecule is Cc1ccc(CNC(=O)CSc2nnc(-c3cccs3)n2CCC(N)=O)cc1. The molecule has 2 aromatic heterocycles. The molecule has 7 nitrogen and oxygen atoms in total. The van der Waals surface area contributed by atoms with Gasteiger partial charge in [0.05, 0.1) is 10.6 Å². The molecule has 0 atom stereocenters. The lowest BCUT2D eigenvalue weighted by Crippen LogP contribution is -2.24. The predicted molar refractivity (Wildman–Crippen MR) is 111 cm³/mol. The van der Waals surface area contributed by atoms with E-state index in [1.54, 1.807) is 11.3 Å². The lowest BCUT2D eigenvalue weighted by Gasteiger charge is -2.09. The number of aryl methyl sites for hydroxylation is 1. The highest BCUT2D eigenvalue weighted by Crippen LogP contribution is 2.27. The molecule has 1 aromatic carbocycles. The van der Waals surface area contributed by atoms with Gasteiger partial charge in [0.25, 0.3) is 0 Å². The van der Waals surface area contributed by atoms with Gasteiger partial charge in [-0.3, -0.25) is 9.59 Å². The van der Waals surface area contributed by atoms with Crippen molar-refractivity contribution in [2.45, 2.75) is 31.6 Å². The Kier molecular flexibility index (Phi) is 6.83. The second kappa shape index (κ2) is 9.52. The predicted octanol–water partition coefficient (Wildman–Crippen LogP) is 2.60. The molecule has 0 aliphatic carbocycles. The number of nitrogens with one attached hydrogen (secondary N) is 1. The van der Waals surface area contributed by atoms with Crippen molar-refractivity contribution < 1.29 is 9.59 Å². The van der Waals surface area contributed by atoms with Crippen LogP contribution >= 0.6 is 23.1 Å². The van der Waals surface area contributed by atoms with Gasteiger partial charge >= 0.3 is 0 Å². The molecule has 0 aliphatic rings. The summed E-state index contributed by atoms with van der Waals surface area (Å²) in [6.07, 6.45) is 0.184. The minimum absolute atomic E-state index is 0.0901. The first kappa shape index (κ1) is 20.1. The van der Waals surface area contributed by atoms with Gasteiger partial charge in [0.2, 0.25) is 11.8 Å². The van der Waals surface area contributed by atoms with Gasteiger partial charge in [-0.05, 0) is 23.9 Å². The molecule has 2 heterocycles. The molecule has 0 unspecified atom stereocenters. The van der Waals surface area contributed by atoms with Crippen LogP contribution in [0.5, 0.6) is 0 Å². The average molecular weight is 416 g/mol. The lowest BCUT2D eigenvalue weighted by atomic mass is 10.1. The van der Waals surface area contributed by atoms with Gasteiger partial charge < -0.3 is 15.6 Å². The summed E-state index contributed by atoms with van der Waals surface area (Å²) in [4.78, 5) is 24.4. The topological polar surface area (TPSA) is 103 Å². The van der Waals surface area contributed by atoms with Crippen LogP contribution < -0.4 is 11.1 Å². The number of benzene rings is 1. The zero-order chi connectivity index (χ0) is 19.9. The third-order valence-corrected chi connectivity index (χ3v) is 5.82. The Labute approximate surface area is 171 Å². The van der Waals surface area contributed by atoms with Crippen molar-refractivity contribution in [1.29, 1.82) is 0 Å². The van der Waals surface area contributed by atoms with Gasteiger partial charge in [-0.15, -0.1) is 21.5 Å². The van der Waals surface area contributed by atoms with Crippen LogP contribution in [-0.2, 0) is 22.7 Å². The fraction of sp³-hybridized carbons (Fsp3) is 0.263. The highest BCUT2D eigenvalue weighted by atomic mass is 32.2. The van der Waals surface area contributed by atoms with Crippen molar-refractivity contribution in [3.8, 4) is 10.7 Å². The standard InChI is InChI=1S/C19H21N5O2S2/c1-13-4-6-14(7-5-13)11-21-17(26)12-28-19-23-22-18(15-3-2-10-27-15)24(19)9-8-16(20)25/h2-7,10H,8-9,11-12H2,1H3,(H2,20,25)(H,21,26). The minimum atomic E-state index is -0.391. The van der Waals surface area contributed by atoms with E-state index in [0.29, 0.717) is 24.1 Å². The van der Waals surface area contributed by atoms with E-state index in [-0.39, 0.29) is 18.1 Å². The Bertz CT molecular complexity index is 936. The van der Waals surface area contributed by atoms with Gasteiger partial charge in [0.15, 0.2) is 11.0 Å². The van der Waals surface area contributed by atoms with Crippen LogP contribution in [0.1, 0.15) is 17.5 Å². The van der Waals surface area contributed by atoms with Crippen LogP contribution in [0.4, 0.5) is 0 Å². The summed E-state index contributed by atoms with van der Waals surface area (Å²) in [7, 11) is 0. The number of nitrogens with zero attached hydrogens (tertiary/aromatic N) is 3. The summed E-state index contributed by atoms with van der Waals surface area (Å²) < 4.78 is 1.84. The van der Waals surface area contributed by atoms with Crippen LogP contribution in [0.2, 0.25) is 0 Å². The second-order valence-electron chi connectivity index (χ2n) is 6.20. The van der Waals surface area contributed by atoms with E-state index in [4.69, 9.17) is 5.73 Å². The van der Waals surface area contributed by atoms with Crippen molar-refractivity contribution in [2.75, 3.05) is 5.75 Å². The number of carbonyl (C=O) groups excluding carboxylic acids is 2. The zero-order valence-corrected chi connectivity index (χ0v) is 17.1. The molecule has 0 aliphatic heterocycles. The molecule has 0 saturated heterocycles. The van der Waals surface area contributed by atoms with Crippen LogP contribution in [0.25, 0.3) is 10.7 Å². The highest BCUT2D eigenvalue weighted by Gasteiger charge is 2.16. The van der Waals surface area contributed by atoms with E-state index in [1.165, 1.54) is 17.3 Å². The number of carbonyl (C=O) groups is 2. The first-order valence-corrected chi connectivity index (χ1v) is 10.6. The monoisotopic (exact) mass is 415 g/mol. The van der Waals surface area contributed by atoms with E-state index < -0.39 is 5.91 Å². The molecular formula is C19H21N5O2S2. The van der Waals surface area contributed by atoms with Crippen LogP contribution in [0.15, 0.2) is 46.9 Å². The molecule has 2 amide bonds. The minimum Gasteiger partial charge on any atom is -0.370 e. The number of thioether (sulfide) groups is 1. The second-order valence-corrected chi connectivity index (χ2v) is 8.09. The molecule has 0 bridgehead atoms.